The van der Waals surface area contributed by atoms with E-state index in [1.54, 1.807) is 0 Å². The molecule has 0 aliphatic carbocycles. The summed E-state index contributed by atoms with van der Waals surface area (Å²) in [4.78, 5) is 16.2. The van der Waals surface area contributed by atoms with E-state index < -0.39 is 0 Å². The number of benzene rings is 11. The van der Waals surface area contributed by atoms with Gasteiger partial charge in [0, 0.05) is 71.2 Å². The fraction of sp³-hybridized carbons (Fsp3) is 0. The predicted molar refractivity (Wildman–Crippen MR) is 323 cm³/mol. The summed E-state index contributed by atoms with van der Waals surface area (Å²) in [5, 5.41) is 30.3. The first-order valence-electron chi connectivity index (χ1n) is 26.6. The molecule has 0 fully saturated rings. The number of aromatic nitrogens is 7. The van der Waals surface area contributed by atoms with Crippen LogP contribution in [0.3, 0.4) is 0 Å². The van der Waals surface area contributed by atoms with Crippen molar-refractivity contribution in [3.63, 3.8) is 0 Å². The summed E-state index contributed by atoms with van der Waals surface area (Å²) in [6.45, 7) is 0. The molecular formula is C71H41N9. The van der Waals surface area contributed by atoms with Crippen molar-refractivity contribution in [1.29, 1.82) is 10.5 Å². The standard InChI is InChI=1S/C71H41N9/c72-42-44-32-34-59(79-57-30-16-12-26-51(57)67-63(79)38-36-61-65(67)49-24-10-14-28-55(49)77(61)47-20-6-2-7-21-47)53(40-44)70-74-69(46-18-4-1-5-19-46)75-71(76-70)54-41-45(43-73)33-35-60(54)80-58-31-17-13-27-52(58)68-64(80)39-37-62-66(68)50-25-11-15-29-56(50)78(62)48-22-8-3-9-23-48/h1-41H. The van der Waals surface area contributed by atoms with E-state index in [0.717, 1.165) is 116 Å². The van der Waals surface area contributed by atoms with E-state index in [9.17, 15) is 10.5 Å². The summed E-state index contributed by atoms with van der Waals surface area (Å²) in [7, 11) is 0. The third-order valence-corrected chi connectivity index (χ3v) is 15.9. The van der Waals surface area contributed by atoms with Gasteiger partial charge in [0.15, 0.2) is 17.5 Å². The van der Waals surface area contributed by atoms with Gasteiger partial charge in [-0.25, -0.2) is 15.0 Å². The topological polar surface area (TPSA) is 106 Å². The number of para-hydroxylation sites is 6. The van der Waals surface area contributed by atoms with E-state index in [0.29, 0.717) is 39.7 Å². The summed E-state index contributed by atoms with van der Waals surface area (Å²) < 4.78 is 9.27. The van der Waals surface area contributed by atoms with Crippen LogP contribution in [0, 0.1) is 22.7 Å². The summed E-state index contributed by atoms with van der Waals surface area (Å²) in [6.07, 6.45) is 0. The summed E-state index contributed by atoms with van der Waals surface area (Å²) >= 11 is 0. The van der Waals surface area contributed by atoms with Crippen LogP contribution < -0.4 is 0 Å². The Morgan fingerprint density at radius 1 is 0.275 bits per heavy atom. The molecule has 370 valence electrons. The van der Waals surface area contributed by atoms with Crippen LogP contribution in [0.4, 0.5) is 0 Å². The zero-order chi connectivity index (χ0) is 53.0. The second kappa shape index (κ2) is 17.6. The fourth-order valence-corrected chi connectivity index (χ4v) is 12.6. The van der Waals surface area contributed by atoms with Crippen molar-refractivity contribution < 1.29 is 0 Å². The van der Waals surface area contributed by atoms with Crippen molar-refractivity contribution in [3.8, 4) is 69.1 Å². The SMILES string of the molecule is N#Cc1ccc(-n2c3ccccc3c3c4c5ccccc5n(-c5ccccc5)c4ccc32)c(-c2nc(-c3ccccc3)nc(-c3cc(C#N)ccc3-n3c4ccccc4c4c5c6ccccc6n(-c6ccccc6)c5ccc43)n2)c1. The number of rotatable bonds is 7. The van der Waals surface area contributed by atoms with Gasteiger partial charge < -0.3 is 18.3 Å². The maximum atomic E-state index is 10.7. The molecule has 0 N–H and O–H groups in total. The highest BCUT2D eigenvalue weighted by atomic mass is 15.1. The fourth-order valence-electron chi connectivity index (χ4n) is 12.6. The average Bonchev–Trinajstić information content (AvgIpc) is 4.33. The molecule has 0 unspecified atom stereocenters. The summed E-state index contributed by atoms with van der Waals surface area (Å²) in [6, 6.07) is 90.5. The van der Waals surface area contributed by atoms with Gasteiger partial charge in [-0.3, -0.25) is 0 Å². The molecule has 16 aromatic rings. The number of hydrogen-bond acceptors (Lipinski definition) is 5. The van der Waals surface area contributed by atoms with Crippen LogP contribution in [0.1, 0.15) is 11.1 Å². The van der Waals surface area contributed by atoms with Gasteiger partial charge in [-0.05, 0) is 109 Å². The molecule has 0 aliphatic heterocycles. The molecule has 0 amide bonds. The third-order valence-electron chi connectivity index (χ3n) is 15.9. The van der Waals surface area contributed by atoms with Gasteiger partial charge in [0.1, 0.15) is 0 Å². The van der Waals surface area contributed by atoms with Crippen LogP contribution in [0.25, 0.3) is 144 Å². The number of hydrogen-bond donors (Lipinski definition) is 0. The predicted octanol–water partition coefficient (Wildman–Crippen LogP) is 17.0. The minimum Gasteiger partial charge on any atom is -0.309 e. The van der Waals surface area contributed by atoms with Crippen LogP contribution in [0.15, 0.2) is 249 Å². The zero-order valence-corrected chi connectivity index (χ0v) is 42.7. The normalized spacial score (nSPS) is 11.7. The molecule has 11 aromatic carbocycles. The highest BCUT2D eigenvalue weighted by Gasteiger charge is 2.26. The smallest absolute Gasteiger partial charge is 0.166 e. The Bertz CT molecular complexity index is 5010. The minimum absolute atomic E-state index is 0.375. The first kappa shape index (κ1) is 44.9. The third kappa shape index (κ3) is 6.59. The van der Waals surface area contributed by atoms with Crippen LogP contribution in [-0.4, -0.2) is 33.2 Å². The van der Waals surface area contributed by atoms with Gasteiger partial charge in [0.2, 0.25) is 0 Å². The van der Waals surface area contributed by atoms with Crippen molar-refractivity contribution in [2.45, 2.75) is 0 Å². The Morgan fingerprint density at radius 3 is 0.963 bits per heavy atom. The second-order valence-electron chi connectivity index (χ2n) is 20.1. The highest BCUT2D eigenvalue weighted by Crippen LogP contribution is 2.46. The summed E-state index contributed by atoms with van der Waals surface area (Å²) in [5.74, 6) is 1.20. The van der Waals surface area contributed by atoms with E-state index >= 15 is 0 Å². The Hall–Kier alpha value is -11.4. The molecule has 0 saturated carbocycles. The molecule has 0 radical (unpaired) electrons. The molecule has 0 aliphatic rings. The van der Waals surface area contributed by atoms with Crippen LogP contribution in [-0.2, 0) is 0 Å². The molecule has 9 nitrogen and oxygen atoms in total. The molecule has 9 heteroatoms. The Kier molecular flexibility index (Phi) is 9.86. The van der Waals surface area contributed by atoms with Crippen LogP contribution >= 0.6 is 0 Å². The lowest BCUT2D eigenvalue weighted by molar-refractivity contribution is 1.06. The Labute approximate surface area is 457 Å². The van der Waals surface area contributed by atoms with E-state index in [1.807, 2.05) is 78.9 Å². The molecule has 80 heavy (non-hydrogen) atoms. The lowest BCUT2D eigenvalue weighted by Crippen LogP contribution is -2.06. The quantitative estimate of drug-likeness (QED) is 0.158. The first-order valence-corrected chi connectivity index (χ1v) is 26.6. The maximum Gasteiger partial charge on any atom is 0.166 e. The monoisotopic (exact) mass is 1020 g/mol. The first-order chi connectivity index (χ1) is 39.6. The molecule has 0 spiro atoms. The molecule has 5 heterocycles. The van der Waals surface area contributed by atoms with Gasteiger partial charge in [0.25, 0.3) is 0 Å². The van der Waals surface area contributed by atoms with Gasteiger partial charge in [-0.15, -0.1) is 0 Å². The van der Waals surface area contributed by atoms with Crippen molar-refractivity contribution in [3.05, 3.63) is 260 Å². The molecular weight excluding hydrogens is 979 g/mol. The number of fused-ring (bicyclic) bond motifs is 14. The largest absolute Gasteiger partial charge is 0.309 e. The van der Waals surface area contributed by atoms with Crippen molar-refractivity contribution in [2.75, 3.05) is 0 Å². The van der Waals surface area contributed by atoms with Gasteiger partial charge in [-0.1, -0.05) is 140 Å². The highest BCUT2D eigenvalue weighted by molar-refractivity contribution is 6.30. The molecule has 16 rings (SSSR count). The van der Waals surface area contributed by atoms with Crippen molar-refractivity contribution >= 4 is 87.2 Å². The van der Waals surface area contributed by atoms with E-state index in [2.05, 4.69) is 200 Å². The van der Waals surface area contributed by atoms with E-state index in [1.165, 1.54) is 0 Å². The molecule has 0 bridgehead atoms. The maximum absolute atomic E-state index is 10.7. The number of nitriles is 2. The van der Waals surface area contributed by atoms with E-state index in [4.69, 9.17) is 15.0 Å². The van der Waals surface area contributed by atoms with Crippen molar-refractivity contribution in [2.24, 2.45) is 0 Å². The van der Waals surface area contributed by atoms with Gasteiger partial charge in [-0.2, -0.15) is 10.5 Å². The minimum atomic E-state index is 0.375. The van der Waals surface area contributed by atoms with Crippen molar-refractivity contribution in [1.82, 2.24) is 33.2 Å². The Morgan fingerprint density at radius 2 is 0.588 bits per heavy atom. The molecule has 5 aromatic heterocycles. The molecule has 0 atom stereocenters. The zero-order valence-electron chi connectivity index (χ0n) is 42.7. The van der Waals surface area contributed by atoms with Crippen LogP contribution in [0.5, 0.6) is 0 Å². The van der Waals surface area contributed by atoms with Gasteiger partial charge >= 0.3 is 0 Å². The van der Waals surface area contributed by atoms with Gasteiger partial charge in [0.05, 0.1) is 78.8 Å². The average molecular weight is 1020 g/mol. The number of nitrogens with zero attached hydrogens (tertiary/aromatic N) is 9. The Balaban J connectivity index is 0.968. The lowest BCUT2D eigenvalue weighted by atomic mass is 10.0. The lowest BCUT2D eigenvalue weighted by Gasteiger charge is -2.17. The molecule has 0 saturated heterocycles. The van der Waals surface area contributed by atoms with Crippen LogP contribution in [0.2, 0.25) is 0 Å². The van der Waals surface area contributed by atoms with E-state index in [-0.39, 0.29) is 0 Å². The second-order valence-corrected chi connectivity index (χ2v) is 20.1. The summed E-state index contributed by atoms with van der Waals surface area (Å²) in [5.41, 5.74) is 15.2.